The number of benzene rings is 2. The lowest BCUT2D eigenvalue weighted by molar-refractivity contribution is 0.102. The van der Waals surface area contributed by atoms with Crippen molar-refractivity contribution in [1.29, 1.82) is 0 Å². The van der Waals surface area contributed by atoms with E-state index >= 15 is 0 Å². The number of fused-ring (bicyclic) bond motifs is 1. The van der Waals surface area contributed by atoms with Crippen molar-refractivity contribution in [2.24, 2.45) is 0 Å². The molecular weight excluding hydrogens is 304 g/mol. The van der Waals surface area contributed by atoms with E-state index in [4.69, 9.17) is 9.15 Å². The third-order valence-corrected chi connectivity index (χ3v) is 3.59. The summed E-state index contributed by atoms with van der Waals surface area (Å²) in [5.74, 6) is 1.26. The Morgan fingerprint density at radius 2 is 2.04 bits per heavy atom. The van der Waals surface area contributed by atoms with Gasteiger partial charge in [-0.05, 0) is 37.3 Å². The molecule has 0 aliphatic carbocycles. The van der Waals surface area contributed by atoms with Gasteiger partial charge in [-0.3, -0.25) is 4.79 Å². The number of carbonyl (C=O) groups excluding carboxylic acids is 1. The van der Waals surface area contributed by atoms with Crippen molar-refractivity contribution >= 4 is 22.7 Å². The van der Waals surface area contributed by atoms with Gasteiger partial charge in [0.15, 0.2) is 11.5 Å². The Morgan fingerprint density at radius 3 is 2.79 bits per heavy atom. The van der Waals surface area contributed by atoms with E-state index in [2.05, 4.69) is 10.3 Å². The van der Waals surface area contributed by atoms with Crippen LogP contribution in [-0.4, -0.2) is 17.5 Å². The van der Waals surface area contributed by atoms with Gasteiger partial charge in [-0.25, -0.2) is 4.98 Å². The molecule has 0 saturated heterocycles. The second kappa shape index (κ2) is 6.74. The maximum Gasteiger partial charge on any atom is 0.259 e. The smallest absolute Gasteiger partial charge is 0.259 e. The van der Waals surface area contributed by atoms with Gasteiger partial charge in [0.05, 0.1) is 12.2 Å². The number of hydrogen-bond acceptors (Lipinski definition) is 4. The maximum atomic E-state index is 12.5. The number of para-hydroxylation sites is 1. The lowest BCUT2D eigenvalue weighted by atomic mass is 10.2. The Labute approximate surface area is 140 Å². The van der Waals surface area contributed by atoms with E-state index in [1.54, 1.807) is 18.2 Å². The van der Waals surface area contributed by atoms with E-state index in [9.17, 15) is 4.79 Å². The molecule has 3 aromatic rings. The van der Waals surface area contributed by atoms with Crippen LogP contribution >= 0.6 is 0 Å². The van der Waals surface area contributed by atoms with Crippen LogP contribution < -0.4 is 10.1 Å². The fourth-order valence-electron chi connectivity index (χ4n) is 2.40. The van der Waals surface area contributed by atoms with Gasteiger partial charge in [-0.15, -0.1) is 0 Å². The third kappa shape index (κ3) is 3.25. The number of oxazole rings is 1. The predicted octanol–water partition coefficient (Wildman–Crippen LogP) is 4.60. The highest BCUT2D eigenvalue weighted by Gasteiger charge is 2.14. The van der Waals surface area contributed by atoms with Crippen molar-refractivity contribution in [3.8, 4) is 5.75 Å². The highest BCUT2D eigenvalue weighted by Crippen LogP contribution is 2.25. The van der Waals surface area contributed by atoms with Crippen LogP contribution in [0.5, 0.6) is 5.75 Å². The molecule has 0 unspecified atom stereocenters. The average Bonchev–Trinajstić information content (AvgIpc) is 2.99. The molecule has 1 N–H and O–H groups in total. The molecule has 0 atom stereocenters. The number of carbonyl (C=O) groups is 1. The number of nitrogens with zero attached hydrogens (tertiary/aromatic N) is 1. The van der Waals surface area contributed by atoms with Crippen LogP contribution in [0.25, 0.3) is 11.1 Å². The summed E-state index contributed by atoms with van der Waals surface area (Å²) in [5, 5.41) is 2.89. The number of anilines is 1. The Bertz CT molecular complexity index is 868. The molecule has 0 radical (unpaired) electrons. The van der Waals surface area contributed by atoms with Crippen LogP contribution in [-0.2, 0) is 0 Å². The van der Waals surface area contributed by atoms with Crippen LogP contribution in [0.2, 0.25) is 0 Å². The minimum absolute atomic E-state index is 0.216. The first-order valence-electron chi connectivity index (χ1n) is 8.02. The van der Waals surface area contributed by atoms with Crippen molar-refractivity contribution < 1.29 is 13.9 Å². The average molecular weight is 324 g/mol. The van der Waals surface area contributed by atoms with E-state index in [1.165, 1.54) is 0 Å². The molecule has 2 aromatic carbocycles. The van der Waals surface area contributed by atoms with Crippen molar-refractivity contribution in [3.63, 3.8) is 0 Å². The number of nitrogens with one attached hydrogen (secondary N) is 1. The summed E-state index contributed by atoms with van der Waals surface area (Å²) >= 11 is 0. The Hall–Kier alpha value is -2.82. The van der Waals surface area contributed by atoms with Gasteiger partial charge in [0.2, 0.25) is 0 Å². The first-order valence-corrected chi connectivity index (χ1v) is 8.02. The molecule has 24 heavy (non-hydrogen) atoms. The van der Waals surface area contributed by atoms with Gasteiger partial charge in [0.25, 0.3) is 5.91 Å². The molecule has 1 heterocycles. The highest BCUT2D eigenvalue weighted by atomic mass is 16.5. The van der Waals surface area contributed by atoms with Gasteiger partial charge in [-0.1, -0.05) is 26.0 Å². The lowest BCUT2D eigenvalue weighted by Gasteiger charge is -2.10. The zero-order valence-corrected chi connectivity index (χ0v) is 14.0. The first-order chi connectivity index (χ1) is 11.6. The zero-order chi connectivity index (χ0) is 17.1. The Morgan fingerprint density at radius 1 is 1.25 bits per heavy atom. The summed E-state index contributed by atoms with van der Waals surface area (Å²) in [7, 11) is 0. The van der Waals surface area contributed by atoms with Crippen LogP contribution in [0.4, 0.5) is 5.69 Å². The molecule has 0 aliphatic rings. The summed E-state index contributed by atoms with van der Waals surface area (Å²) in [6.07, 6.45) is 0. The van der Waals surface area contributed by atoms with Crippen LogP contribution in [0, 0.1) is 0 Å². The van der Waals surface area contributed by atoms with Gasteiger partial charge >= 0.3 is 0 Å². The number of rotatable bonds is 5. The second-order valence-electron chi connectivity index (χ2n) is 5.77. The minimum atomic E-state index is -0.217. The fourth-order valence-corrected chi connectivity index (χ4v) is 2.40. The summed E-state index contributed by atoms with van der Waals surface area (Å²) in [5.41, 5.74) is 2.62. The summed E-state index contributed by atoms with van der Waals surface area (Å²) in [4.78, 5) is 17.0. The van der Waals surface area contributed by atoms with Crippen LogP contribution in [0.1, 0.15) is 42.9 Å². The standard InChI is InChI=1S/C19H20N2O3/c1-4-23-16-8-6-5-7-14(16)18(22)20-13-9-10-17-15(11-13)21-19(24-17)12(2)3/h5-12H,4H2,1-3H3,(H,20,22). The molecule has 1 aromatic heterocycles. The lowest BCUT2D eigenvalue weighted by Crippen LogP contribution is -2.13. The fraction of sp³-hybridized carbons (Fsp3) is 0.263. The molecule has 1 amide bonds. The van der Waals surface area contributed by atoms with Gasteiger partial charge in [0, 0.05) is 11.6 Å². The third-order valence-electron chi connectivity index (χ3n) is 3.59. The summed E-state index contributed by atoms with van der Waals surface area (Å²) < 4.78 is 11.2. The normalized spacial score (nSPS) is 11.0. The summed E-state index contributed by atoms with van der Waals surface area (Å²) in [6.45, 7) is 6.45. The molecule has 5 nitrogen and oxygen atoms in total. The van der Waals surface area contributed by atoms with Crippen LogP contribution in [0.15, 0.2) is 46.9 Å². The Kier molecular flexibility index (Phi) is 4.51. The molecule has 5 heteroatoms. The molecule has 0 fully saturated rings. The predicted molar refractivity (Wildman–Crippen MR) is 93.7 cm³/mol. The van der Waals surface area contributed by atoms with Crippen molar-refractivity contribution in [2.45, 2.75) is 26.7 Å². The molecule has 0 saturated carbocycles. The topological polar surface area (TPSA) is 64.4 Å². The first kappa shape index (κ1) is 16.1. The second-order valence-corrected chi connectivity index (χ2v) is 5.77. The number of ether oxygens (including phenoxy) is 1. The summed E-state index contributed by atoms with van der Waals surface area (Å²) in [6, 6.07) is 12.6. The van der Waals surface area contributed by atoms with Gasteiger partial charge < -0.3 is 14.5 Å². The molecule has 0 spiro atoms. The number of amides is 1. The van der Waals surface area contributed by atoms with Crippen LogP contribution in [0.3, 0.4) is 0 Å². The van der Waals surface area contributed by atoms with Gasteiger partial charge in [0.1, 0.15) is 11.3 Å². The maximum absolute atomic E-state index is 12.5. The number of aromatic nitrogens is 1. The SMILES string of the molecule is CCOc1ccccc1C(=O)Nc1ccc2oc(C(C)C)nc2c1. The van der Waals surface area contributed by atoms with E-state index in [1.807, 2.05) is 45.0 Å². The monoisotopic (exact) mass is 324 g/mol. The van der Waals surface area contributed by atoms with Gasteiger partial charge in [-0.2, -0.15) is 0 Å². The zero-order valence-electron chi connectivity index (χ0n) is 14.0. The molecule has 0 bridgehead atoms. The van der Waals surface area contributed by atoms with E-state index < -0.39 is 0 Å². The van der Waals surface area contributed by atoms with E-state index in [0.29, 0.717) is 35.1 Å². The Balaban J connectivity index is 1.85. The quantitative estimate of drug-likeness (QED) is 0.745. The number of hydrogen-bond donors (Lipinski definition) is 1. The minimum Gasteiger partial charge on any atom is -0.493 e. The largest absolute Gasteiger partial charge is 0.493 e. The van der Waals surface area contributed by atoms with Crippen molar-refractivity contribution in [1.82, 2.24) is 4.98 Å². The van der Waals surface area contributed by atoms with Crippen molar-refractivity contribution in [2.75, 3.05) is 11.9 Å². The molecular formula is C19H20N2O3. The van der Waals surface area contributed by atoms with E-state index in [-0.39, 0.29) is 11.8 Å². The molecule has 0 aliphatic heterocycles. The highest BCUT2D eigenvalue weighted by molar-refractivity contribution is 6.06. The molecule has 124 valence electrons. The molecule has 3 rings (SSSR count). The van der Waals surface area contributed by atoms with E-state index in [0.717, 1.165) is 5.52 Å². The van der Waals surface area contributed by atoms with Crippen molar-refractivity contribution in [3.05, 3.63) is 53.9 Å².